The van der Waals surface area contributed by atoms with Gasteiger partial charge in [-0.2, -0.15) is 0 Å². The normalized spacial score (nSPS) is 16.0. The first-order chi connectivity index (χ1) is 5.22. The summed E-state index contributed by atoms with van der Waals surface area (Å²) in [7, 11) is 5.08. The Labute approximate surface area is 75.0 Å². The average molecular weight is 171 g/mol. The van der Waals surface area contributed by atoms with Crippen LogP contribution >= 0.6 is 9.24 Å². The summed E-state index contributed by atoms with van der Waals surface area (Å²) < 4.78 is 0. The number of hydrogen-bond donors (Lipinski definition) is 0. The third-order valence-electron chi connectivity index (χ3n) is 2.44. The molecule has 11 heavy (non-hydrogen) atoms. The van der Waals surface area contributed by atoms with E-state index in [1.54, 1.807) is 0 Å². The topological polar surface area (TPSA) is 0 Å². The molecule has 0 aliphatic rings. The van der Waals surface area contributed by atoms with Crippen LogP contribution < -0.4 is 0 Å². The summed E-state index contributed by atoms with van der Waals surface area (Å²) in [5.41, 5.74) is 0. The molecule has 1 radical (unpaired) electrons. The van der Waals surface area contributed by atoms with Gasteiger partial charge in [-0.1, -0.05) is 33.4 Å². The molecule has 3 unspecified atom stereocenters. The van der Waals surface area contributed by atoms with Gasteiger partial charge in [-0.25, -0.2) is 0 Å². The van der Waals surface area contributed by atoms with Crippen LogP contribution in [0.5, 0.6) is 0 Å². The van der Waals surface area contributed by atoms with Gasteiger partial charge in [0, 0.05) is 0 Å². The Morgan fingerprint density at radius 3 is 2.36 bits per heavy atom. The van der Waals surface area contributed by atoms with Gasteiger partial charge < -0.3 is 0 Å². The second-order valence-electron chi connectivity index (χ2n) is 3.53. The largest absolute Gasteiger partial charge is 0.138 e. The van der Waals surface area contributed by atoms with E-state index >= 15 is 0 Å². The van der Waals surface area contributed by atoms with Crippen LogP contribution in [-0.4, -0.2) is 13.4 Å². The summed E-state index contributed by atoms with van der Waals surface area (Å²) in [5, 5.41) is 0. The van der Waals surface area contributed by atoms with Crippen LogP contribution in [0.4, 0.5) is 0 Å². The molecule has 0 spiro atoms. The summed E-state index contributed by atoms with van der Waals surface area (Å²) in [6, 6.07) is 0. The van der Waals surface area contributed by atoms with Crippen molar-refractivity contribution in [3.8, 4) is 0 Å². The monoisotopic (exact) mass is 171 g/mol. The van der Waals surface area contributed by atoms with Crippen molar-refractivity contribution in [3.05, 3.63) is 0 Å². The van der Waals surface area contributed by atoms with Gasteiger partial charge >= 0.3 is 0 Å². The number of hydrogen-bond acceptors (Lipinski definition) is 0. The van der Waals surface area contributed by atoms with Gasteiger partial charge in [-0.05, 0) is 24.4 Å². The zero-order chi connectivity index (χ0) is 8.69. The molecule has 0 aliphatic carbocycles. The van der Waals surface area contributed by atoms with E-state index < -0.39 is 0 Å². The van der Waals surface area contributed by atoms with Gasteiger partial charge in [0.2, 0.25) is 0 Å². The first-order valence-electron chi connectivity index (χ1n) is 4.70. The van der Waals surface area contributed by atoms with E-state index in [0.29, 0.717) is 0 Å². The minimum Gasteiger partial charge on any atom is -0.138 e. The molecule has 0 heterocycles. The Kier molecular flexibility index (Phi) is 7.48. The predicted molar refractivity (Wildman–Crippen MR) is 58.6 cm³/mol. The van der Waals surface area contributed by atoms with Crippen LogP contribution in [0.25, 0.3) is 0 Å². The molecule has 0 aromatic heterocycles. The molecule has 0 bridgehead atoms. The minimum atomic E-state index is 0.872. The maximum atomic E-state index is 2.80. The second kappa shape index (κ2) is 7.16. The molecule has 0 aromatic rings. The standard InChI is InChI=1S/C9H21BP/c1-8(5-4-6-11)9(2)7-10-3/h8-9H,4-7,11H2,1-3H3. The first kappa shape index (κ1) is 11.5. The molecule has 0 N–H and O–H groups in total. The van der Waals surface area contributed by atoms with Crippen molar-refractivity contribution in [2.45, 2.75) is 39.8 Å². The summed E-state index contributed by atoms with van der Waals surface area (Å²) in [6.45, 7) is 6.88. The predicted octanol–water partition coefficient (Wildman–Crippen LogP) is 3.08. The van der Waals surface area contributed by atoms with Crippen LogP contribution in [0.3, 0.4) is 0 Å². The molecule has 2 heteroatoms. The van der Waals surface area contributed by atoms with Gasteiger partial charge in [-0.3, -0.25) is 0 Å². The Hall–Kier alpha value is 0.495. The van der Waals surface area contributed by atoms with E-state index in [1.807, 2.05) is 0 Å². The molecular weight excluding hydrogens is 150 g/mol. The third kappa shape index (κ3) is 5.73. The van der Waals surface area contributed by atoms with Gasteiger partial charge in [0.15, 0.2) is 0 Å². The van der Waals surface area contributed by atoms with Crippen molar-refractivity contribution in [2.24, 2.45) is 11.8 Å². The zero-order valence-corrected chi connectivity index (χ0v) is 9.29. The van der Waals surface area contributed by atoms with Crippen LogP contribution in [0.1, 0.15) is 26.7 Å². The fourth-order valence-corrected chi connectivity index (χ4v) is 1.56. The van der Waals surface area contributed by atoms with E-state index in [1.165, 1.54) is 25.3 Å². The molecule has 0 saturated heterocycles. The number of rotatable bonds is 6. The molecule has 0 aliphatic heterocycles. The molecule has 0 aromatic carbocycles. The zero-order valence-electron chi connectivity index (χ0n) is 8.14. The Morgan fingerprint density at radius 2 is 1.91 bits per heavy atom. The maximum Gasteiger partial charge on any atom is 0.106 e. The highest BCUT2D eigenvalue weighted by Crippen LogP contribution is 2.20. The minimum absolute atomic E-state index is 0.872. The smallest absolute Gasteiger partial charge is 0.106 e. The third-order valence-corrected chi connectivity index (χ3v) is 2.85. The van der Waals surface area contributed by atoms with Crippen LogP contribution in [0, 0.1) is 11.8 Å². The Balaban J connectivity index is 3.38. The fourth-order valence-electron chi connectivity index (χ4n) is 1.33. The van der Waals surface area contributed by atoms with Gasteiger partial charge in [-0.15, -0.1) is 9.24 Å². The maximum absolute atomic E-state index is 2.80. The van der Waals surface area contributed by atoms with Crippen LogP contribution in [0.2, 0.25) is 13.1 Å². The molecule has 65 valence electrons. The van der Waals surface area contributed by atoms with Crippen molar-refractivity contribution in [3.63, 3.8) is 0 Å². The van der Waals surface area contributed by atoms with E-state index in [2.05, 4.69) is 37.2 Å². The summed E-state index contributed by atoms with van der Waals surface area (Å²) in [6.07, 6.45) is 5.28. The molecular formula is C9H21BP. The summed E-state index contributed by atoms with van der Waals surface area (Å²) in [5.74, 6) is 1.77. The van der Waals surface area contributed by atoms with E-state index in [9.17, 15) is 0 Å². The highest BCUT2D eigenvalue weighted by molar-refractivity contribution is 7.16. The molecule has 0 saturated carbocycles. The molecule has 3 atom stereocenters. The summed E-state index contributed by atoms with van der Waals surface area (Å²) in [4.78, 5) is 0. The average Bonchev–Trinajstić information content (AvgIpc) is 2.00. The van der Waals surface area contributed by atoms with Gasteiger partial charge in [0.1, 0.15) is 7.28 Å². The van der Waals surface area contributed by atoms with Crippen molar-refractivity contribution in [2.75, 3.05) is 6.16 Å². The van der Waals surface area contributed by atoms with E-state index in [-0.39, 0.29) is 0 Å². The lowest BCUT2D eigenvalue weighted by Crippen LogP contribution is -2.09. The van der Waals surface area contributed by atoms with Crippen LogP contribution in [-0.2, 0) is 0 Å². The lowest BCUT2D eigenvalue weighted by molar-refractivity contribution is 0.389. The quantitative estimate of drug-likeness (QED) is 0.425. The Morgan fingerprint density at radius 1 is 1.27 bits per heavy atom. The molecule has 0 amide bonds. The molecule has 0 rings (SSSR count). The van der Waals surface area contributed by atoms with Gasteiger partial charge in [0.25, 0.3) is 0 Å². The molecule has 0 fully saturated rings. The SMILES string of the molecule is C[B]CC(C)C(C)CCCP. The lowest BCUT2D eigenvalue weighted by atomic mass is 9.69. The van der Waals surface area contributed by atoms with Crippen molar-refractivity contribution in [1.29, 1.82) is 0 Å². The van der Waals surface area contributed by atoms with Crippen molar-refractivity contribution in [1.82, 2.24) is 0 Å². The van der Waals surface area contributed by atoms with Crippen molar-refractivity contribution < 1.29 is 0 Å². The van der Waals surface area contributed by atoms with Crippen LogP contribution in [0.15, 0.2) is 0 Å². The van der Waals surface area contributed by atoms with E-state index in [4.69, 9.17) is 0 Å². The van der Waals surface area contributed by atoms with Gasteiger partial charge in [0.05, 0.1) is 0 Å². The molecule has 0 nitrogen and oxygen atoms in total. The highest BCUT2D eigenvalue weighted by atomic mass is 31.0. The van der Waals surface area contributed by atoms with Crippen molar-refractivity contribution >= 4 is 16.5 Å². The van der Waals surface area contributed by atoms with E-state index in [0.717, 1.165) is 11.8 Å². The highest BCUT2D eigenvalue weighted by Gasteiger charge is 2.09. The fraction of sp³-hybridized carbons (Fsp3) is 1.00. The second-order valence-corrected chi connectivity index (χ2v) is 4.11. The summed E-state index contributed by atoms with van der Waals surface area (Å²) >= 11 is 0. The lowest BCUT2D eigenvalue weighted by Gasteiger charge is -2.18. The first-order valence-corrected chi connectivity index (χ1v) is 5.51. The Bertz CT molecular complexity index is 85.6.